The van der Waals surface area contributed by atoms with Crippen molar-refractivity contribution in [3.8, 4) is 11.3 Å². The lowest BCUT2D eigenvalue weighted by Crippen LogP contribution is -2.54. The minimum atomic E-state index is -4.61. The van der Waals surface area contributed by atoms with Crippen LogP contribution in [0.4, 0.5) is 24.7 Å². The summed E-state index contributed by atoms with van der Waals surface area (Å²) in [4.78, 5) is 37.7. The number of fused-ring (bicyclic) bond motifs is 1. The highest BCUT2D eigenvalue weighted by Crippen LogP contribution is 2.36. The van der Waals surface area contributed by atoms with Crippen molar-refractivity contribution in [3.63, 3.8) is 0 Å². The summed E-state index contributed by atoms with van der Waals surface area (Å²) in [7, 11) is 5.86. The van der Waals surface area contributed by atoms with Crippen LogP contribution in [0, 0.1) is 0 Å². The number of aromatic nitrogens is 5. The third kappa shape index (κ3) is 5.98. The Balaban J connectivity index is 1.30. The standard InChI is InChI=1S/C26H27ClF3N9O2/c1-39(2,3)15-21(40)36-8-10-37(11-9-36)25(41)17-5-4-16(12-19(17)27)34-23-24-32-14-20(38(24)7-6-31-23)18-13-33-35-22(18)26(28,29)30/h4-7,12-14H,8-11,15H2,1-3H3,(H-,31,33,34,35,41)/p+1. The third-order valence-corrected chi connectivity index (χ3v) is 6.93. The van der Waals surface area contributed by atoms with Crippen molar-refractivity contribution in [2.45, 2.75) is 6.18 Å². The normalized spacial score (nSPS) is 14.5. The number of hydrogen-bond acceptors (Lipinski definition) is 6. The van der Waals surface area contributed by atoms with Gasteiger partial charge in [-0.15, -0.1) is 0 Å². The molecule has 3 aromatic heterocycles. The molecule has 1 aliphatic heterocycles. The highest BCUT2D eigenvalue weighted by atomic mass is 35.5. The minimum Gasteiger partial charge on any atom is -0.337 e. The van der Waals surface area contributed by atoms with Crippen LogP contribution in [-0.4, -0.2) is 105 Å². The van der Waals surface area contributed by atoms with Gasteiger partial charge in [0, 0.05) is 44.3 Å². The number of piperazine rings is 1. The van der Waals surface area contributed by atoms with Crippen molar-refractivity contribution < 1.29 is 27.2 Å². The number of alkyl halides is 3. The van der Waals surface area contributed by atoms with E-state index in [2.05, 4.69) is 20.4 Å². The zero-order chi connectivity index (χ0) is 29.5. The molecule has 0 spiro atoms. The van der Waals surface area contributed by atoms with E-state index in [0.29, 0.717) is 48.5 Å². The lowest BCUT2D eigenvalue weighted by atomic mass is 10.1. The molecule has 0 unspecified atom stereocenters. The summed E-state index contributed by atoms with van der Waals surface area (Å²) >= 11 is 6.50. The van der Waals surface area contributed by atoms with E-state index in [0.717, 1.165) is 6.20 Å². The van der Waals surface area contributed by atoms with Gasteiger partial charge in [0.05, 0.1) is 55.4 Å². The Labute approximate surface area is 238 Å². The molecule has 41 heavy (non-hydrogen) atoms. The summed E-state index contributed by atoms with van der Waals surface area (Å²) in [6, 6.07) is 4.83. The Kier molecular flexibility index (Phi) is 7.38. The fourth-order valence-electron chi connectivity index (χ4n) is 4.64. The Bertz CT molecular complexity index is 1600. The second-order valence-corrected chi connectivity index (χ2v) is 11.1. The molecule has 2 amide bonds. The zero-order valence-corrected chi connectivity index (χ0v) is 23.3. The van der Waals surface area contributed by atoms with Crippen molar-refractivity contribution in [3.05, 3.63) is 59.3 Å². The third-order valence-electron chi connectivity index (χ3n) is 6.62. The average molecular weight is 591 g/mol. The van der Waals surface area contributed by atoms with Gasteiger partial charge in [-0.2, -0.15) is 18.3 Å². The number of benzene rings is 1. The first-order chi connectivity index (χ1) is 19.3. The molecular formula is C26H28ClF3N9O2+. The molecule has 15 heteroatoms. The van der Waals surface area contributed by atoms with Crippen molar-refractivity contribution in [2.24, 2.45) is 0 Å². The Morgan fingerprint density at radius 1 is 1.07 bits per heavy atom. The molecule has 1 saturated heterocycles. The summed E-state index contributed by atoms with van der Waals surface area (Å²) in [6.45, 7) is 2.09. The van der Waals surface area contributed by atoms with Gasteiger partial charge >= 0.3 is 6.18 Å². The van der Waals surface area contributed by atoms with Crippen LogP contribution < -0.4 is 5.32 Å². The van der Waals surface area contributed by atoms with Crippen LogP contribution in [0.2, 0.25) is 5.02 Å². The smallest absolute Gasteiger partial charge is 0.337 e. The number of anilines is 2. The summed E-state index contributed by atoms with van der Waals surface area (Å²) in [5, 5.41) is 8.85. The van der Waals surface area contributed by atoms with Gasteiger partial charge in [0.25, 0.3) is 11.8 Å². The second kappa shape index (κ2) is 10.7. The fourth-order valence-corrected chi connectivity index (χ4v) is 4.90. The number of hydrogen-bond donors (Lipinski definition) is 2. The number of amides is 2. The van der Waals surface area contributed by atoms with Crippen LogP contribution in [0.5, 0.6) is 0 Å². The number of rotatable bonds is 6. The molecule has 0 bridgehead atoms. The van der Waals surface area contributed by atoms with Gasteiger partial charge in [0.15, 0.2) is 18.0 Å². The summed E-state index contributed by atoms with van der Waals surface area (Å²) < 4.78 is 42.2. The molecule has 1 fully saturated rings. The van der Waals surface area contributed by atoms with Gasteiger partial charge in [0.2, 0.25) is 0 Å². The molecule has 4 aromatic rings. The van der Waals surface area contributed by atoms with E-state index in [1.807, 2.05) is 26.2 Å². The first-order valence-electron chi connectivity index (χ1n) is 12.7. The van der Waals surface area contributed by atoms with Crippen LogP contribution in [0.25, 0.3) is 16.9 Å². The van der Waals surface area contributed by atoms with E-state index >= 15 is 0 Å². The highest BCUT2D eigenvalue weighted by molar-refractivity contribution is 6.34. The molecule has 216 valence electrons. The van der Waals surface area contributed by atoms with E-state index in [1.165, 1.54) is 23.0 Å². The maximum absolute atomic E-state index is 13.4. The van der Waals surface area contributed by atoms with E-state index in [9.17, 15) is 22.8 Å². The molecular weight excluding hydrogens is 563 g/mol. The molecule has 1 aromatic carbocycles. The summed E-state index contributed by atoms with van der Waals surface area (Å²) in [5.41, 5.74) is 0.168. The fraction of sp³-hybridized carbons (Fsp3) is 0.346. The van der Waals surface area contributed by atoms with Crippen LogP contribution in [0.3, 0.4) is 0 Å². The van der Waals surface area contributed by atoms with E-state index in [-0.39, 0.29) is 39.6 Å². The number of aromatic amines is 1. The number of likely N-dealkylation sites (N-methyl/N-ethyl adjacent to an activating group) is 1. The predicted octanol–water partition coefficient (Wildman–Crippen LogP) is 3.53. The van der Waals surface area contributed by atoms with Crippen LogP contribution in [-0.2, 0) is 11.0 Å². The van der Waals surface area contributed by atoms with E-state index in [1.54, 1.807) is 28.0 Å². The maximum Gasteiger partial charge on any atom is 0.433 e. The number of halogens is 4. The molecule has 0 radical (unpaired) electrons. The van der Waals surface area contributed by atoms with Crippen molar-refractivity contribution in [2.75, 3.05) is 59.2 Å². The molecule has 0 aliphatic carbocycles. The van der Waals surface area contributed by atoms with E-state index < -0.39 is 11.9 Å². The van der Waals surface area contributed by atoms with Gasteiger partial charge in [-0.3, -0.25) is 19.1 Å². The van der Waals surface area contributed by atoms with Crippen LogP contribution >= 0.6 is 11.6 Å². The molecule has 11 nitrogen and oxygen atoms in total. The van der Waals surface area contributed by atoms with Crippen molar-refractivity contribution in [1.82, 2.24) is 34.4 Å². The number of H-pyrrole nitrogens is 1. The van der Waals surface area contributed by atoms with E-state index in [4.69, 9.17) is 11.6 Å². The van der Waals surface area contributed by atoms with Gasteiger partial charge in [-0.1, -0.05) is 11.6 Å². The lowest BCUT2D eigenvalue weighted by Gasteiger charge is -2.36. The Morgan fingerprint density at radius 3 is 2.44 bits per heavy atom. The summed E-state index contributed by atoms with van der Waals surface area (Å²) in [5.74, 6) is 0.0939. The topological polar surface area (TPSA) is 112 Å². The maximum atomic E-state index is 13.4. The number of nitrogens with one attached hydrogen (secondary N) is 2. The zero-order valence-electron chi connectivity index (χ0n) is 22.5. The number of imidazole rings is 1. The predicted molar refractivity (Wildman–Crippen MR) is 146 cm³/mol. The van der Waals surface area contributed by atoms with Gasteiger partial charge in [-0.25, -0.2) is 9.97 Å². The number of carbonyl (C=O) groups is 2. The lowest BCUT2D eigenvalue weighted by molar-refractivity contribution is -0.862. The molecule has 4 heterocycles. The van der Waals surface area contributed by atoms with Crippen molar-refractivity contribution >= 4 is 40.6 Å². The van der Waals surface area contributed by atoms with Crippen molar-refractivity contribution in [1.29, 1.82) is 0 Å². The average Bonchev–Trinajstić information content (AvgIpc) is 3.55. The van der Waals surface area contributed by atoms with Gasteiger partial charge < -0.3 is 19.6 Å². The molecule has 0 saturated carbocycles. The summed E-state index contributed by atoms with van der Waals surface area (Å²) in [6.07, 6.45) is 0.722. The second-order valence-electron chi connectivity index (χ2n) is 10.7. The largest absolute Gasteiger partial charge is 0.433 e. The quantitative estimate of drug-likeness (QED) is 0.333. The van der Waals surface area contributed by atoms with Crippen LogP contribution in [0.1, 0.15) is 16.1 Å². The highest BCUT2D eigenvalue weighted by Gasteiger charge is 2.36. The Morgan fingerprint density at radius 2 is 1.78 bits per heavy atom. The molecule has 2 N–H and O–H groups in total. The number of nitrogens with zero attached hydrogens (tertiary/aromatic N) is 7. The molecule has 0 atom stereocenters. The SMILES string of the molecule is C[N+](C)(C)CC(=O)N1CCN(C(=O)c2ccc(Nc3nccn4c(-c5cn[nH]c5C(F)(F)F)cnc34)cc2Cl)CC1. The van der Waals surface area contributed by atoms with Gasteiger partial charge in [-0.05, 0) is 18.2 Å². The number of carbonyl (C=O) groups excluding carboxylic acids is 2. The van der Waals surface area contributed by atoms with Gasteiger partial charge in [0.1, 0.15) is 5.69 Å². The molecule has 5 rings (SSSR count). The monoisotopic (exact) mass is 590 g/mol. The molecule has 1 aliphatic rings. The first kappa shape index (κ1) is 28.4. The first-order valence-corrected chi connectivity index (χ1v) is 13.1. The number of quaternary nitrogens is 1. The van der Waals surface area contributed by atoms with Crippen LogP contribution in [0.15, 0.2) is 43.0 Å². The minimum absolute atomic E-state index is 0.0526. The Hall–Kier alpha value is -4.17.